The molecule has 0 aromatic carbocycles. The van der Waals surface area contributed by atoms with Crippen molar-refractivity contribution in [3.8, 4) is 0 Å². The number of amides is 1. The number of hydrogen-bond acceptors (Lipinski definition) is 5. The van der Waals surface area contributed by atoms with Crippen LogP contribution >= 0.6 is 0 Å². The number of nitrogens with one attached hydrogen (secondary N) is 1. The summed E-state index contributed by atoms with van der Waals surface area (Å²) in [6.07, 6.45) is 1.20. The molecule has 2 aliphatic heterocycles. The Morgan fingerprint density at radius 2 is 2.10 bits per heavy atom. The molecule has 0 saturated carbocycles. The smallest absolute Gasteiger partial charge is 0.262 e. The van der Waals surface area contributed by atoms with Gasteiger partial charge < -0.3 is 9.80 Å². The topological polar surface area (TPSA) is 61.4 Å². The third kappa shape index (κ3) is 3.10. The molecule has 1 aromatic heterocycles. The average Bonchev–Trinajstić information content (AvgIpc) is 2.88. The van der Waals surface area contributed by atoms with E-state index in [1.807, 2.05) is 17.0 Å². The number of hydrogen-bond donors (Lipinski definition) is 1. The Bertz CT molecular complexity index is 505. The minimum Gasteiger partial charge on any atom is -0.352 e. The second-order valence-electron chi connectivity index (χ2n) is 5.39. The molecule has 3 heterocycles. The molecule has 3 rings (SSSR count). The van der Waals surface area contributed by atoms with Crippen LogP contribution in [0.25, 0.3) is 0 Å². The summed E-state index contributed by atoms with van der Waals surface area (Å²) in [6.45, 7) is 1.88. The fraction of sp³-hybridized carbons (Fsp3) is 0.615. The molecule has 21 heavy (non-hydrogen) atoms. The maximum Gasteiger partial charge on any atom is 0.262 e. The molecule has 0 radical (unpaired) electrons. The van der Waals surface area contributed by atoms with Crippen molar-refractivity contribution in [2.24, 2.45) is 0 Å². The Kier molecular flexibility index (Phi) is 3.71. The molecule has 1 atom stereocenters. The first-order valence-corrected chi connectivity index (χ1v) is 6.98. The molecule has 1 N–H and O–H groups in total. The lowest BCUT2D eigenvalue weighted by molar-refractivity contribution is -0.134. The number of anilines is 1. The van der Waals surface area contributed by atoms with Crippen LogP contribution in [0.1, 0.15) is 6.42 Å². The zero-order valence-electron chi connectivity index (χ0n) is 11.5. The fourth-order valence-electron chi connectivity index (χ4n) is 2.73. The molecule has 2 saturated heterocycles. The first-order valence-electron chi connectivity index (χ1n) is 6.98. The van der Waals surface area contributed by atoms with Gasteiger partial charge in [0.25, 0.3) is 5.92 Å². The Balaban J connectivity index is 1.55. The lowest BCUT2D eigenvalue weighted by Crippen LogP contribution is -2.53. The quantitative estimate of drug-likeness (QED) is 0.840. The SMILES string of the molecule is O=C(C1CC(F)(F)CN1)N1CCN(c2cccnn2)CC1. The van der Waals surface area contributed by atoms with Crippen molar-refractivity contribution in [3.05, 3.63) is 18.3 Å². The van der Waals surface area contributed by atoms with Crippen molar-refractivity contribution in [1.29, 1.82) is 0 Å². The van der Waals surface area contributed by atoms with E-state index in [4.69, 9.17) is 0 Å². The number of carbonyl (C=O) groups excluding carboxylic acids is 1. The second kappa shape index (κ2) is 5.51. The molecule has 6 nitrogen and oxygen atoms in total. The second-order valence-corrected chi connectivity index (χ2v) is 5.39. The summed E-state index contributed by atoms with van der Waals surface area (Å²) in [5.74, 6) is -2.23. The molecular formula is C13H17F2N5O. The lowest BCUT2D eigenvalue weighted by Gasteiger charge is -2.36. The molecule has 1 unspecified atom stereocenters. The van der Waals surface area contributed by atoms with Gasteiger partial charge in [0, 0.05) is 38.8 Å². The van der Waals surface area contributed by atoms with Gasteiger partial charge in [0.15, 0.2) is 5.82 Å². The largest absolute Gasteiger partial charge is 0.352 e. The number of nitrogens with zero attached hydrogens (tertiary/aromatic N) is 4. The minimum absolute atomic E-state index is 0.231. The van der Waals surface area contributed by atoms with Crippen molar-refractivity contribution in [2.75, 3.05) is 37.6 Å². The molecule has 114 valence electrons. The summed E-state index contributed by atoms with van der Waals surface area (Å²) < 4.78 is 26.3. The van der Waals surface area contributed by atoms with E-state index >= 15 is 0 Å². The third-order valence-electron chi connectivity index (χ3n) is 3.88. The molecule has 2 fully saturated rings. The van der Waals surface area contributed by atoms with Gasteiger partial charge in [-0.3, -0.25) is 10.1 Å². The predicted octanol–water partition coefficient (Wildman–Crippen LogP) is 0.122. The van der Waals surface area contributed by atoms with E-state index in [1.165, 1.54) is 0 Å². The Hall–Kier alpha value is -1.83. The van der Waals surface area contributed by atoms with Crippen molar-refractivity contribution >= 4 is 11.7 Å². The van der Waals surface area contributed by atoms with Gasteiger partial charge >= 0.3 is 0 Å². The Morgan fingerprint density at radius 1 is 1.33 bits per heavy atom. The molecular weight excluding hydrogens is 280 g/mol. The summed E-state index contributed by atoms with van der Waals surface area (Å²) in [4.78, 5) is 15.9. The van der Waals surface area contributed by atoms with Crippen molar-refractivity contribution in [1.82, 2.24) is 20.4 Å². The fourth-order valence-corrected chi connectivity index (χ4v) is 2.73. The van der Waals surface area contributed by atoms with Gasteiger partial charge in [-0.15, -0.1) is 5.10 Å². The summed E-state index contributed by atoms with van der Waals surface area (Å²) >= 11 is 0. The predicted molar refractivity (Wildman–Crippen MR) is 72.2 cm³/mol. The van der Waals surface area contributed by atoms with Gasteiger partial charge in [-0.25, -0.2) is 8.78 Å². The van der Waals surface area contributed by atoms with E-state index in [9.17, 15) is 13.6 Å². The summed E-state index contributed by atoms with van der Waals surface area (Å²) in [5, 5.41) is 10.5. The van der Waals surface area contributed by atoms with Crippen LogP contribution in [0, 0.1) is 0 Å². The molecule has 0 aliphatic carbocycles. The zero-order chi connectivity index (χ0) is 14.9. The molecule has 0 spiro atoms. The molecule has 8 heteroatoms. The first kappa shape index (κ1) is 14.1. The average molecular weight is 297 g/mol. The molecule has 0 bridgehead atoms. The zero-order valence-corrected chi connectivity index (χ0v) is 11.5. The molecule has 2 aliphatic rings. The maximum absolute atomic E-state index is 13.1. The van der Waals surface area contributed by atoms with Crippen LogP contribution in [0.5, 0.6) is 0 Å². The third-order valence-corrected chi connectivity index (χ3v) is 3.88. The van der Waals surface area contributed by atoms with E-state index < -0.39 is 24.9 Å². The maximum atomic E-state index is 13.1. The van der Waals surface area contributed by atoms with Crippen LogP contribution < -0.4 is 10.2 Å². The Morgan fingerprint density at radius 3 is 2.67 bits per heavy atom. The highest BCUT2D eigenvalue weighted by atomic mass is 19.3. The monoisotopic (exact) mass is 297 g/mol. The summed E-state index contributed by atoms with van der Waals surface area (Å²) in [5.41, 5.74) is 0. The van der Waals surface area contributed by atoms with Gasteiger partial charge in [-0.2, -0.15) is 5.10 Å². The van der Waals surface area contributed by atoms with E-state index in [2.05, 4.69) is 15.5 Å². The highest BCUT2D eigenvalue weighted by molar-refractivity contribution is 5.82. The normalized spacial score (nSPS) is 25.1. The molecule has 1 aromatic rings. The van der Waals surface area contributed by atoms with Gasteiger partial charge in [0.2, 0.25) is 5.91 Å². The number of alkyl halides is 2. The van der Waals surface area contributed by atoms with Crippen molar-refractivity contribution in [3.63, 3.8) is 0 Å². The number of aromatic nitrogens is 2. The van der Waals surface area contributed by atoms with E-state index in [1.54, 1.807) is 11.1 Å². The van der Waals surface area contributed by atoms with E-state index in [-0.39, 0.29) is 5.91 Å². The highest BCUT2D eigenvalue weighted by Gasteiger charge is 2.43. The van der Waals surface area contributed by atoms with Crippen LogP contribution in [-0.4, -0.2) is 65.7 Å². The van der Waals surface area contributed by atoms with Crippen LogP contribution in [0.4, 0.5) is 14.6 Å². The minimum atomic E-state index is -2.78. The standard InChI is InChI=1S/C13H17F2N5O/c14-13(15)8-10(16-9-13)12(21)20-6-4-19(5-7-20)11-2-1-3-17-18-11/h1-3,10,16H,4-9H2. The van der Waals surface area contributed by atoms with Gasteiger partial charge in [0.1, 0.15) is 0 Å². The van der Waals surface area contributed by atoms with Gasteiger partial charge in [-0.1, -0.05) is 0 Å². The van der Waals surface area contributed by atoms with Gasteiger partial charge in [0.05, 0.1) is 12.6 Å². The van der Waals surface area contributed by atoms with Gasteiger partial charge in [-0.05, 0) is 12.1 Å². The van der Waals surface area contributed by atoms with E-state index in [0.29, 0.717) is 26.2 Å². The first-order chi connectivity index (χ1) is 10.1. The van der Waals surface area contributed by atoms with E-state index in [0.717, 1.165) is 5.82 Å². The number of piperazine rings is 1. The highest BCUT2D eigenvalue weighted by Crippen LogP contribution is 2.26. The summed E-state index contributed by atoms with van der Waals surface area (Å²) in [6, 6.07) is 2.91. The van der Waals surface area contributed by atoms with Crippen LogP contribution in [0.2, 0.25) is 0 Å². The van der Waals surface area contributed by atoms with Crippen molar-refractivity contribution in [2.45, 2.75) is 18.4 Å². The summed E-state index contributed by atoms with van der Waals surface area (Å²) in [7, 11) is 0. The number of halogens is 2. The van der Waals surface area contributed by atoms with Crippen molar-refractivity contribution < 1.29 is 13.6 Å². The van der Waals surface area contributed by atoms with Crippen LogP contribution in [0.3, 0.4) is 0 Å². The number of rotatable bonds is 2. The lowest BCUT2D eigenvalue weighted by atomic mass is 10.1. The Labute approximate surface area is 121 Å². The van der Waals surface area contributed by atoms with Crippen LogP contribution in [0.15, 0.2) is 18.3 Å². The molecule has 1 amide bonds. The number of carbonyl (C=O) groups is 1. The van der Waals surface area contributed by atoms with Crippen LogP contribution in [-0.2, 0) is 4.79 Å².